The molecule has 0 radical (unpaired) electrons. The molecule has 0 spiro atoms. The van der Waals surface area contributed by atoms with Gasteiger partial charge in [-0.1, -0.05) is 24.3 Å². The van der Waals surface area contributed by atoms with Crippen LogP contribution in [0.5, 0.6) is 5.75 Å². The highest BCUT2D eigenvalue weighted by Crippen LogP contribution is 2.32. The minimum Gasteiger partial charge on any atom is -0.479 e. The van der Waals surface area contributed by atoms with Crippen molar-refractivity contribution >= 4 is 34.1 Å². The number of fused-ring (bicyclic) bond motifs is 2. The van der Waals surface area contributed by atoms with Gasteiger partial charge >= 0.3 is 0 Å². The Morgan fingerprint density at radius 2 is 2.00 bits per heavy atom. The predicted molar refractivity (Wildman–Crippen MR) is 94.9 cm³/mol. The molecule has 0 saturated heterocycles. The molecule has 0 unspecified atom stereocenters. The van der Waals surface area contributed by atoms with Crippen molar-refractivity contribution in [2.45, 2.75) is 13.0 Å². The Morgan fingerprint density at radius 3 is 2.88 bits per heavy atom. The fourth-order valence-corrected chi connectivity index (χ4v) is 2.67. The van der Waals surface area contributed by atoms with E-state index in [9.17, 15) is 9.59 Å². The summed E-state index contributed by atoms with van der Waals surface area (Å²) in [6.45, 7) is 1.68. The molecule has 2 heterocycles. The number of hydrogen-bond donors (Lipinski definition) is 2. The summed E-state index contributed by atoms with van der Waals surface area (Å²) in [7, 11) is 0. The van der Waals surface area contributed by atoms with Crippen molar-refractivity contribution in [2.75, 3.05) is 10.6 Å². The maximum atomic E-state index is 12.5. The lowest BCUT2D eigenvalue weighted by Gasteiger charge is -2.23. The standard InChI is InChI=1S/C19H15N3O3/c1-11-18(23)22-16-10-13(7-9-17(16)25-11)20-19(24)15-8-6-12-4-2-3-5-14(12)21-15/h2-11H,1H3,(H,20,24)(H,22,23)/t11-/m0/s1. The van der Waals surface area contributed by atoms with Crippen LogP contribution in [-0.4, -0.2) is 22.9 Å². The monoisotopic (exact) mass is 333 g/mol. The van der Waals surface area contributed by atoms with Crippen molar-refractivity contribution in [3.05, 3.63) is 60.3 Å². The molecule has 2 amide bonds. The lowest BCUT2D eigenvalue weighted by Crippen LogP contribution is -2.34. The van der Waals surface area contributed by atoms with Crippen molar-refractivity contribution in [3.8, 4) is 5.75 Å². The van der Waals surface area contributed by atoms with Gasteiger partial charge in [-0.05, 0) is 37.3 Å². The van der Waals surface area contributed by atoms with Gasteiger partial charge in [0.2, 0.25) is 0 Å². The van der Waals surface area contributed by atoms with Crippen molar-refractivity contribution < 1.29 is 14.3 Å². The Kier molecular flexibility index (Phi) is 3.57. The number of ether oxygens (including phenoxy) is 1. The Labute approximate surface area is 143 Å². The van der Waals surface area contributed by atoms with Gasteiger partial charge in [-0.25, -0.2) is 4.98 Å². The highest BCUT2D eigenvalue weighted by atomic mass is 16.5. The Hall–Kier alpha value is -3.41. The van der Waals surface area contributed by atoms with Crippen LogP contribution >= 0.6 is 0 Å². The molecule has 2 aromatic carbocycles. The summed E-state index contributed by atoms with van der Waals surface area (Å²) in [5.41, 5.74) is 2.17. The SMILES string of the molecule is C[C@@H]1Oc2ccc(NC(=O)c3ccc4ccccc4n3)cc2NC1=O. The summed E-state index contributed by atoms with van der Waals surface area (Å²) in [6, 6.07) is 16.3. The van der Waals surface area contributed by atoms with Gasteiger partial charge in [-0.2, -0.15) is 0 Å². The fraction of sp³-hybridized carbons (Fsp3) is 0.105. The van der Waals surface area contributed by atoms with E-state index in [0.717, 1.165) is 10.9 Å². The predicted octanol–water partition coefficient (Wildman–Crippen LogP) is 3.21. The number of amides is 2. The van der Waals surface area contributed by atoms with E-state index in [1.807, 2.05) is 30.3 Å². The summed E-state index contributed by atoms with van der Waals surface area (Å²) in [6.07, 6.45) is -0.533. The molecule has 124 valence electrons. The second-order valence-electron chi connectivity index (χ2n) is 5.80. The van der Waals surface area contributed by atoms with E-state index in [1.54, 1.807) is 31.2 Å². The number of anilines is 2. The van der Waals surface area contributed by atoms with Gasteiger partial charge in [-0.15, -0.1) is 0 Å². The number of carbonyl (C=O) groups excluding carboxylic acids is 2. The topological polar surface area (TPSA) is 80.3 Å². The zero-order valence-corrected chi connectivity index (χ0v) is 13.4. The van der Waals surface area contributed by atoms with E-state index in [4.69, 9.17) is 4.74 Å². The summed E-state index contributed by atoms with van der Waals surface area (Å²) in [5, 5.41) is 6.52. The van der Waals surface area contributed by atoms with Crippen molar-refractivity contribution in [2.24, 2.45) is 0 Å². The molecule has 0 fully saturated rings. The number of para-hydroxylation sites is 1. The highest BCUT2D eigenvalue weighted by molar-refractivity contribution is 6.05. The molecule has 0 bridgehead atoms. The van der Waals surface area contributed by atoms with Crippen LogP contribution in [0.2, 0.25) is 0 Å². The number of hydrogen-bond acceptors (Lipinski definition) is 4. The summed E-state index contributed by atoms with van der Waals surface area (Å²) in [5.74, 6) is 0.0447. The van der Waals surface area contributed by atoms with Crippen molar-refractivity contribution in [1.82, 2.24) is 4.98 Å². The van der Waals surface area contributed by atoms with E-state index >= 15 is 0 Å². The average Bonchev–Trinajstić information content (AvgIpc) is 2.62. The first kappa shape index (κ1) is 15.1. The molecule has 3 aromatic rings. The Balaban J connectivity index is 1.58. The number of pyridine rings is 1. The molecular weight excluding hydrogens is 318 g/mol. The van der Waals surface area contributed by atoms with Crippen LogP contribution in [0.25, 0.3) is 10.9 Å². The molecule has 6 heteroatoms. The van der Waals surface area contributed by atoms with Crippen LogP contribution in [-0.2, 0) is 4.79 Å². The van der Waals surface area contributed by atoms with Crippen LogP contribution in [0.1, 0.15) is 17.4 Å². The number of rotatable bonds is 2. The van der Waals surface area contributed by atoms with Crippen LogP contribution in [0.15, 0.2) is 54.6 Å². The molecule has 1 aromatic heterocycles. The van der Waals surface area contributed by atoms with Crippen LogP contribution < -0.4 is 15.4 Å². The van der Waals surface area contributed by atoms with E-state index in [0.29, 0.717) is 22.8 Å². The number of nitrogens with zero attached hydrogens (tertiary/aromatic N) is 1. The molecule has 0 saturated carbocycles. The minimum atomic E-state index is -0.533. The molecular formula is C19H15N3O3. The van der Waals surface area contributed by atoms with Gasteiger partial charge in [-0.3, -0.25) is 9.59 Å². The van der Waals surface area contributed by atoms with Gasteiger partial charge in [0.1, 0.15) is 11.4 Å². The largest absolute Gasteiger partial charge is 0.479 e. The molecule has 4 rings (SSSR count). The van der Waals surface area contributed by atoms with E-state index < -0.39 is 6.10 Å². The molecule has 1 aliphatic heterocycles. The molecule has 2 N–H and O–H groups in total. The zero-order valence-electron chi connectivity index (χ0n) is 13.4. The average molecular weight is 333 g/mol. The lowest BCUT2D eigenvalue weighted by atomic mass is 10.2. The number of nitrogens with one attached hydrogen (secondary N) is 2. The van der Waals surface area contributed by atoms with Gasteiger partial charge in [0.15, 0.2) is 6.10 Å². The molecule has 6 nitrogen and oxygen atoms in total. The number of benzene rings is 2. The smallest absolute Gasteiger partial charge is 0.274 e. The first-order valence-corrected chi connectivity index (χ1v) is 7.89. The van der Waals surface area contributed by atoms with Gasteiger partial charge in [0.25, 0.3) is 11.8 Å². The van der Waals surface area contributed by atoms with Crippen molar-refractivity contribution in [1.29, 1.82) is 0 Å². The van der Waals surface area contributed by atoms with Crippen LogP contribution in [0, 0.1) is 0 Å². The molecule has 1 aliphatic rings. The van der Waals surface area contributed by atoms with E-state index in [2.05, 4.69) is 15.6 Å². The molecule has 25 heavy (non-hydrogen) atoms. The Bertz CT molecular complexity index is 1000. The number of carbonyl (C=O) groups is 2. The lowest BCUT2D eigenvalue weighted by molar-refractivity contribution is -0.122. The van der Waals surface area contributed by atoms with Gasteiger partial charge in [0, 0.05) is 11.1 Å². The number of aromatic nitrogens is 1. The molecule has 1 atom stereocenters. The quantitative estimate of drug-likeness (QED) is 0.755. The third-order valence-electron chi connectivity index (χ3n) is 4.00. The van der Waals surface area contributed by atoms with Gasteiger partial charge in [0.05, 0.1) is 11.2 Å². The third-order valence-corrected chi connectivity index (χ3v) is 4.00. The third kappa shape index (κ3) is 2.89. The normalized spacial score (nSPS) is 15.9. The van der Waals surface area contributed by atoms with Crippen LogP contribution in [0.3, 0.4) is 0 Å². The summed E-state index contributed by atoms with van der Waals surface area (Å²) >= 11 is 0. The first-order chi connectivity index (χ1) is 12.1. The van der Waals surface area contributed by atoms with E-state index in [1.165, 1.54) is 0 Å². The fourth-order valence-electron chi connectivity index (χ4n) is 2.67. The summed E-state index contributed by atoms with van der Waals surface area (Å²) < 4.78 is 5.50. The van der Waals surface area contributed by atoms with Gasteiger partial charge < -0.3 is 15.4 Å². The second kappa shape index (κ2) is 5.90. The first-order valence-electron chi connectivity index (χ1n) is 7.89. The second-order valence-corrected chi connectivity index (χ2v) is 5.80. The maximum absolute atomic E-state index is 12.5. The highest BCUT2D eigenvalue weighted by Gasteiger charge is 2.23. The minimum absolute atomic E-state index is 0.216. The molecule has 0 aliphatic carbocycles. The Morgan fingerprint density at radius 1 is 1.16 bits per heavy atom. The van der Waals surface area contributed by atoms with Crippen molar-refractivity contribution in [3.63, 3.8) is 0 Å². The zero-order chi connectivity index (χ0) is 17.4. The van der Waals surface area contributed by atoms with Crippen LogP contribution in [0.4, 0.5) is 11.4 Å². The summed E-state index contributed by atoms with van der Waals surface area (Å²) in [4.78, 5) is 28.5. The van der Waals surface area contributed by atoms with E-state index in [-0.39, 0.29) is 11.8 Å². The maximum Gasteiger partial charge on any atom is 0.274 e.